The van der Waals surface area contributed by atoms with E-state index in [9.17, 15) is 15.0 Å². The molecule has 2 aromatic carbocycles. The highest BCUT2D eigenvalue weighted by molar-refractivity contribution is 5.95. The smallest absolute Gasteiger partial charge is 0.253 e. The molecule has 5 nitrogen and oxygen atoms in total. The first-order chi connectivity index (χ1) is 12.7. The van der Waals surface area contributed by atoms with E-state index in [0.717, 1.165) is 22.1 Å². The first kappa shape index (κ1) is 16.8. The van der Waals surface area contributed by atoms with Crippen molar-refractivity contribution in [3.8, 4) is 11.1 Å². The second-order valence-electron chi connectivity index (χ2n) is 6.85. The molecule has 1 amide bonds. The van der Waals surface area contributed by atoms with E-state index in [0.29, 0.717) is 18.7 Å². The van der Waals surface area contributed by atoms with Gasteiger partial charge in [0.25, 0.3) is 5.91 Å². The Morgan fingerprint density at radius 1 is 0.962 bits per heavy atom. The second kappa shape index (κ2) is 6.94. The van der Waals surface area contributed by atoms with Gasteiger partial charge in [0, 0.05) is 49.1 Å². The molecule has 0 unspecified atom stereocenters. The number of aliphatic hydroxyl groups excluding tert-OH is 2. The first-order valence-corrected chi connectivity index (χ1v) is 8.78. The molecule has 5 heteroatoms. The number of rotatable bonds is 4. The van der Waals surface area contributed by atoms with E-state index in [2.05, 4.69) is 6.07 Å². The highest BCUT2D eigenvalue weighted by Crippen LogP contribution is 2.27. The van der Waals surface area contributed by atoms with Crippen molar-refractivity contribution in [1.29, 1.82) is 0 Å². The molecule has 0 spiro atoms. The van der Waals surface area contributed by atoms with E-state index < -0.39 is 0 Å². The van der Waals surface area contributed by atoms with Gasteiger partial charge in [-0.05, 0) is 41.5 Å². The van der Waals surface area contributed by atoms with Crippen molar-refractivity contribution in [3.63, 3.8) is 0 Å². The van der Waals surface area contributed by atoms with E-state index >= 15 is 0 Å². The Kier molecular flexibility index (Phi) is 4.49. The normalized spacial score (nSPS) is 20.0. The highest BCUT2D eigenvalue weighted by atomic mass is 16.3. The lowest BCUT2D eigenvalue weighted by atomic mass is 9.98. The SMILES string of the molecule is O=C(c1ccc(-c2ccc3occc3c2)cc1)N1C[C@@H](CO)[C@H](CO)C1. The van der Waals surface area contributed by atoms with Crippen LogP contribution in [0, 0.1) is 11.8 Å². The van der Waals surface area contributed by atoms with Crippen molar-refractivity contribution in [1.82, 2.24) is 4.90 Å². The van der Waals surface area contributed by atoms with Gasteiger partial charge in [-0.3, -0.25) is 4.79 Å². The second-order valence-corrected chi connectivity index (χ2v) is 6.85. The zero-order chi connectivity index (χ0) is 18.1. The van der Waals surface area contributed by atoms with Gasteiger partial charge in [-0.1, -0.05) is 18.2 Å². The van der Waals surface area contributed by atoms with Gasteiger partial charge < -0.3 is 19.5 Å². The lowest BCUT2D eigenvalue weighted by Crippen LogP contribution is -2.29. The standard InChI is InChI=1S/C21H21NO4/c23-12-18-10-22(11-19(18)13-24)21(25)15-3-1-14(2-4-15)16-5-6-20-17(9-16)7-8-26-20/h1-9,18-19,23-24H,10-13H2/t18-,19-/m0/s1. The monoisotopic (exact) mass is 351 g/mol. The molecule has 1 fully saturated rings. The molecule has 3 aromatic rings. The molecule has 1 saturated heterocycles. The van der Waals surface area contributed by atoms with Crippen LogP contribution >= 0.6 is 0 Å². The molecule has 2 atom stereocenters. The molecule has 134 valence electrons. The summed E-state index contributed by atoms with van der Waals surface area (Å²) in [5.41, 5.74) is 3.58. The van der Waals surface area contributed by atoms with Crippen LogP contribution in [-0.2, 0) is 0 Å². The largest absolute Gasteiger partial charge is 0.464 e. The van der Waals surface area contributed by atoms with Crippen LogP contribution in [-0.4, -0.2) is 47.3 Å². The number of fused-ring (bicyclic) bond motifs is 1. The van der Waals surface area contributed by atoms with Crippen LogP contribution in [0.2, 0.25) is 0 Å². The molecule has 1 aromatic heterocycles. The van der Waals surface area contributed by atoms with Gasteiger partial charge >= 0.3 is 0 Å². The van der Waals surface area contributed by atoms with Gasteiger partial charge in [0.2, 0.25) is 0 Å². The summed E-state index contributed by atoms with van der Waals surface area (Å²) in [5, 5.41) is 19.9. The number of hydrogen-bond acceptors (Lipinski definition) is 4. The highest BCUT2D eigenvalue weighted by Gasteiger charge is 2.34. The Balaban J connectivity index is 1.53. The van der Waals surface area contributed by atoms with E-state index in [1.54, 1.807) is 11.2 Å². The van der Waals surface area contributed by atoms with Gasteiger partial charge in [0.05, 0.1) is 6.26 Å². The molecule has 1 aliphatic rings. The van der Waals surface area contributed by atoms with Crippen LogP contribution in [0.4, 0.5) is 0 Å². The van der Waals surface area contributed by atoms with Crippen molar-refractivity contribution in [2.24, 2.45) is 11.8 Å². The van der Waals surface area contributed by atoms with Gasteiger partial charge in [-0.2, -0.15) is 0 Å². The Bertz CT molecular complexity index is 903. The fourth-order valence-corrected chi connectivity index (χ4v) is 3.65. The molecule has 0 aliphatic carbocycles. The van der Waals surface area contributed by atoms with Crippen molar-refractivity contribution in [2.45, 2.75) is 0 Å². The third kappa shape index (κ3) is 3.00. The third-order valence-corrected chi connectivity index (χ3v) is 5.25. The summed E-state index contributed by atoms with van der Waals surface area (Å²) < 4.78 is 5.37. The summed E-state index contributed by atoms with van der Waals surface area (Å²) in [4.78, 5) is 14.4. The summed E-state index contributed by atoms with van der Waals surface area (Å²) in [6.45, 7) is 0.952. The molecule has 4 rings (SSSR count). The molecule has 2 heterocycles. The number of amides is 1. The summed E-state index contributed by atoms with van der Waals surface area (Å²) in [6, 6.07) is 15.5. The van der Waals surface area contributed by atoms with E-state index in [1.807, 2.05) is 42.5 Å². The van der Waals surface area contributed by atoms with Crippen LogP contribution in [0.1, 0.15) is 10.4 Å². The summed E-state index contributed by atoms with van der Waals surface area (Å²) in [7, 11) is 0. The van der Waals surface area contributed by atoms with Crippen LogP contribution in [0.15, 0.2) is 59.2 Å². The lowest BCUT2D eigenvalue weighted by Gasteiger charge is -2.16. The predicted molar refractivity (Wildman–Crippen MR) is 98.7 cm³/mol. The quantitative estimate of drug-likeness (QED) is 0.758. The maximum atomic E-state index is 12.7. The predicted octanol–water partition coefficient (Wildman–Crippen LogP) is 2.77. The maximum Gasteiger partial charge on any atom is 0.253 e. The minimum absolute atomic E-state index is 0.00949. The van der Waals surface area contributed by atoms with E-state index in [1.165, 1.54) is 0 Å². The summed E-state index contributed by atoms with van der Waals surface area (Å²) in [6.07, 6.45) is 1.67. The average Bonchev–Trinajstić information content (AvgIpc) is 3.33. The minimum atomic E-state index is -0.0590. The lowest BCUT2D eigenvalue weighted by molar-refractivity contribution is 0.0778. The molecule has 26 heavy (non-hydrogen) atoms. The molecular formula is C21H21NO4. The first-order valence-electron chi connectivity index (χ1n) is 8.78. The maximum absolute atomic E-state index is 12.7. The van der Waals surface area contributed by atoms with Crippen molar-refractivity contribution < 1.29 is 19.4 Å². The van der Waals surface area contributed by atoms with Crippen LogP contribution in [0.25, 0.3) is 22.1 Å². The Morgan fingerprint density at radius 3 is 2.27 bits per heavy atom. The number of carbonyl (C=O) groups excluding carboxylic acids is 1. The Morgan fingerprint density at radius 2 is 1.62 bits per heavy atom. The van der Waals surface area contributed by atoms with Gasteiger partial charge in [-0.25, -0.2) is 0 Å². The van der Waals surface area contributed by atoms with E-state index in [4.69, 9.17) is 4.42 Å². The zero-order valence-corrected chi connectivity index (χ0v) is 14.3. The molecule has 0 radical (unpaired) electrons. The fraction of sp³-hybridized carbons (Fsp3) is 0.286. The van der Waals surface area contributed by atoms with Crippen LogP contribution in [0.5, 0.6) is 0 Å². The van der Waals surface area contributed by atoms with Gasteiger partial charge in [0.15, 0.2) is 0 Å². The van der Waals surface area contributed by atoms with Gasteiger partial charge in [0.1, 0.15) is 5.58 Å². The zero-order valence-electron chi connectivity index (χ0n) is 14.3. The van der Waals surface area contributed by atoms with E-state index in [-0.39, 0.29) is 31.0 Å². The molecule has 0 bridgehead atoms. The molecule has 1 aliphatic heterocycles. The van der Waals surface area contributed by atoms with Crippen molar-refractivity contribution in [3.05, 3.63) is 60.4 Å². The van der Waals surface area contributed by atoms with Crippen molar-refractivity contribution in [2.75, 3.05) is 26.3 Å². The number of benzene rings is 2. The number of carbonyl (C=O) groups is 1. The number of furan rings is 1. The Labute approximate surface area is 151 Å². The number of nitrogens with zero attached hydrogens (tertiary/aromatic N) is 1. The topological polar surface area (TPSA) is 73.9 Å². The average molecular weight is 351 g/mol. The number of likely N-dealkylation sites (tertiary alicyclic amines) is 1. The fourth-order valence-electron chi connectivity index (χ4n) is 3.65. The summed E-state index contributed by atoms with van der Waals surface area (Å²) in [5.74, 6) is -0.161. The van der Waals surface area contributed by atoms with Crippen molar-refractivity contribution >= 4 is 16.9 Å². The number of aliphatic hydroxyl groups is 2. The van der Waals surface area contributed by atoms with Gasteiger partial charge in [-0.15, -0.1) is 0 Å². The minimum Gasteiger partial charge on any atom is -0.464 e. The summed E-state index contributed by atoms with van der Waals surface area (Å²) >= 11 is 0. The molecule has 0 saturated carbocycles. The molecule has 2 N–H and O–H groups in total. The van der Waals surface area contributed by atoms with Crippen LogP contribution < -0.4 is 0 Å². The van der Waals surface area contributed by atoms with Crippen LogP contribution in [0.3, 0.4) is 0 Å². The Hall–Kier alpha value is -2.63. The molecular weight excluding hydrogens is 330 g/mol. The third-order valence-electron chi connectivity index (χ3n) is 5.25. The number of hydrogen-bond donors (Lipinski definition) is 2.